The number of amides is 2. The van der Waals surface area contributed by atoms with Crippen LogP contribution < -0.4 is 4.90 Å². The number of hydrogen-bond acceptors (Lipinski definition) is 4. The fourth-order valence-electron chi connectivity index (χ4n) is 3.81. The largest absolute Gasteiger partial charge is 0.355 e. The lowest BCUT2D eigenvalue weighted by atomic mass is 10.00. The van der Waals surface area contributed by atoms with Crippen LogP contribution in [0.25, 0.3) is 0 Å². The molecule has 0 spiro atoms. The molecule has 1 aromatic rings. The number of likely N-dealkylation sites (tertiary alicyclic amines) is 1. The third-order valence-corrected chi connectivity index (χ3v) is 5.19. The summed E-state index contributed by atoms with van der Waals surface area (Å²) in [6.45, 7) is 5.74. The van der Waals surface area contributed by atoms with Crippen LogP contribution in [0.15, 0.2) is 24.4 Å². The van der Waals surface area contributed by atoms with E-state index in [1.807, 2.05) is 34.9 Å². The number of carbonyl (C=O) groups is 2. The second-order valence-corrected chi connectivity index (χ2v) is 6.81. The third-order valence-electron chi connectivity index (χ3n) is 5.19. The van der Waals surface area contributed by atoms with E-state index in [0.29, 0.717) is 13.0 Å². The summed E-state index contributed by atoms with van der Waals surface area (Å²) >= 11 is 0. The quantitative estimate of drug-likeness (QED) is 0.840. The molecule has 25 heavy (non-hydrogen) atoms. The molecule has 1 atom stereocenters. The van der Waals surface area contributed by atoms with Crippen molar-refractivity contribution in [3.8, 4) is 0 Å². The fraction of sp³-hybridized carbons (Fsp3) is 0.632. The van der Waals surface area contributed by atoms with Gasteiger partial charge in [0.2, 0.25) is 11.8 Å². The normalized spacial score (nSPS) is 21.8. The van der Waals surface area contributed by atoms with Crippen LogP contribution in [0.2, 0.25) is 0 Å². The van der Waals surface area contributed by atoms with Gasteiger partial charge in [-0.25, -0.2) is 4.98 Å². The van der Waals surface area contributed by atoms with Gasteiger partial charge in [-0.3, -0.25) is 9.59 Å². The Hall–Kier alpha value is -2.11. The maximum atomic E-state index is 13.1. The molecule has 0 aliphatic carbocycles. The van der Waals surface area contributed by atoms with Crippen LogP contribution in [0.5, 0.6) is 0 Å². The Kier molecular flexibility index (Phi) is 5.89. The average molecular weight is 344 g/mol. The fourth-order valence-corrected chi connectivity index (χ4v) is 3.81. The van der Waals surface area contributed by atoms with Crippen molar-refractivity contribution in [2.45, 2.75) is 45.1 Å². The molecule has 0 bridgehead atoms. The highest BCUT2D eigenvalue weighted by molar-refractivity contribution is 5.88. The number of piperidine rings is 1. The predicted molar refractivity (Wildman–Crippen MR) is 97.3 cm³/mol. The third kappa shape index (κ3) is 4.11. The van der Waals surface area contributed by atoms with E-state index in [2.05, 4.69) is 9.88 Å². The first-order chi connectivity index (χ1) is 12.2. The van der Waals surface area contributed by atoms with E-state index in [4.69, 9.17) is 0 Å². The van der Waals surface area contributed by atoms with Crippen molar-refractivity contribution in [2.75, 3.05) is 37.6 Å². The summed E-state index contributed by atoms with van der Waals surface area (Å²) in [5.74, 6) is 1.20. The molecule has 2 fully saturated rings. The van der Waals surface area contributed by atoms with Gasteiger partial charge in [0.1, 0.15) is 11.9 Å². The molecule has 0 radical (unpaired) electrons. The maximum absolute atomic E-state index is 13.1. The standard InChI is InChI=1S/C19H28N4O2/c1-2-18(24)23-13-6-4-8-16(23)19(25)22-12-7-11-21(14-15-22)17-9-3-5-10-20-17/h3,5,9-10,16H,2,4,6-8,11-15H2,1H3/t16-/m0/s1. The molecule has 0 unspecified atom stereocenters. The maximum Gasteiger partial charge on any atom is 0.245 e. The Labute approximate surface area is 149 Å². The number of carbonyl (C=O) groups excluding carboxylic acids is 2. The molecule has 3 rings (SSSR count). The Morgan fingerprint density at radius 1 is 1.08 bits per heavy atom. The van der Waals surface area contributed by atoms with E-state index in [9.17, 15) is 9.59 Å². The number of anilines is 1. The summed E-state index contributed by atoms with van der Waals surface area (Å²) in [4.78, 5) is 35.7. The molecule has 3 heterocycles. The highest BCUT2D eigenvalue weighted by Gasteiger charge is 2.34. The minimum Gasteiger partial charge on any atom is -0.355 e. The second-order valence-electron chi connectivity index (χ2n) is 6.81. The van der Waals surface area contributed by atoms with Gasteiger partial charge in [-0.1, -0.05) is 13.0 Å². The van der Waals surface area contributed by atoms with Gasteiger partial charge in [0.25, 0.3) is 0 Å². The van der Waals surface area contributed by atoms with Crippen molar-refractivity contribution in [3.05, 3.63) is 24.4 Å². The van der Waals surface area contributed by atoms with Crippen molar-refractivity contribution in [1.29, 1.82) is 0 Å². The van der Waals surface area contributed by atoms with E-state index in [-0.39, 0.29) is 17.9 Å². The molecule has 6 nitrogen and oxygen atoms in total. The van der Waals surface area contributed by atoms with Crippen LogP contribution in [-0.4, -0.2) is 65.4 Å². The number of aromatic nitrogens is 1. The number of hydrogen-bond donors (Lipinski definition) is 0. The molecule has 2 amide bonds. The van der Waals surface area contributed by atoms with Crippen LogP contribution in [0, 0.1) is 0 Å². The van der Waals surface area contributed by atoms with Gasteiger partial charge in [0, 0.05) is 45.3 Å². The molecule has 2 saturated heterocycles. The smallest absolute Gasteiger partial charge is 0.245 e. The minimum atomic E-state index is -0.261. The summed E-state index contributed by atoms with van der Waals surface area (Å²) in [6.07, 6.45) is 6.03. The molecule has 0 aromatic carbocycles. The summed E-state index contributed by atoms with van der Waals surface area (Å²) in [5.41, 5.74) is 0. The Morgan fingerprint density at radius 2 is 1.96 bits per heavy atom. The Balaban J connectivity index is 1.65. The van der Waals surface area contributed by atoms with E-state index in [1.165, 1.54) is 0 Å². The van der Waals surface area contributed by atoms with E-state index < -0.39 is 0 Å². The monoisotopic (exact) mass is 344 g/mol. The zero-order valence-corrected chi connectivity index (χ0v) is 15.1. The van der Waals surface area contributed by atoms with Gasteiger partial charge in [0.15, 0.2) is 0 Å². The van der Waals surface area contributed by atoms with Crippen LogP contribution in [0.3, 0.4) is 0 Å². The molecular formula is C19H28N4O2. The van der Waals surface area contributed by atoms with Crippen molar-refractivity contribution in [1.82, 2.24) is 14.8 Å². The molecule has 0 N–H and O–H groups in total. The SMILES string of the molecule is CCC(=O)N1CCCC[C@H]1C(=O)N1CCCN(c2ccccn2)CC1. The minimum absolute atomic E-state index is 0.1000. The van der Waals surface area contributed by atoms with Crippen LogP contribution >= 0.6 is 0 Å². The number of nitrogens with zero attached hydrogens (tertiary/aromatic N) is 4. The molecule has 0 saturated carbocycles. The summed E-state index contributed by atoms with van der Waals surface area (Å²) in [6, 6.07) is 5.66. The first kappa shape index (κ1) is 17.7. The zero-order valence-electron chi connectivity index (χ0n) is 15.1. The first-order valence-corrected chi connectivity index (χ1v) is 9.45. The van der Waals surface area contributed by atoms with E-state index in [0.717, 1.165) is 57.7 Å². The second kappa shape index (κ2) is 8.32. The van der Waals surface area contributed by atoms with Crippen molar-refractivity contribution >= 4 is 17.6 Å². The number of pyridine rings is 1. The summed E-state index contributed by atoms with van der Waals surface area (Å²) in [7, 11) is 0. The first-order valence-electron chi connectivity index (χ1n) is 9.45. The van der Waals surface area contributed by atoms with Gasteiger partial charge in [0.05, 0.1) is 0 Å². The van der Waals surface area contributed by atoms with Crippen LogP contribution in [-0.2, 0) is 9.59 Å². The molecule has 6 heteroatoms. The molecule has 136 valence electrons. The number of rotatable bonds is 3. The van der Waals surface area contributed by atoms with Gasteiger partial charge < -0.3 is 14.7 Å². The Bertz CT molecular complexity index is 592. The average Bonchev–Trinajstić information content (AvgIpc) is 2.94. The lowest BCUT2D eigenvalue weighted by Crippen LogP contribution is -2.53. The van der Waals surface area contributed by atoms with Gasteiger partial charge in [-0.2, -0.15) is 0 Å². The summed E-state index contributed by atoms with van der Waals surface area (Å²) in [5, 5.41) is 0. The molecule has 2 aliphatic heterocycles. The topological polar surface area (TPSA) is 56.8 Å². The molecular weight excluding hydrogens is 316 g/mol. The highest BCUT2D eigenvalue weighted by Crippen LogP contribution is 2.21. The van der Waals surface area contributed by atoms with E-state index >= 15 is 0 Å². The highest BCUT2D eigenvalue weighted by atomic mass is 16.2. The van der Waals surface area contributed by atoms with Gasteiger partial charge >= 0.3 is 0 Å². The van der Waals surface area contributed by atoms with Gasteiger partial charge in [-0.05, 0) is 37.8 Å². The summed E-state index contributed by atoms with van der Waals surface area (Å²) < 4.78 is 0. The van der Waals surface area contributed by atoms with Crippen molar-refractivity contribution in [2.24, 2.45) is 0 Å². The van der Waals surface area contributed by atoms with Crippen molar-refractivity contribution in [3.63, 3.8) is 0 Å². The van der Waals surface area contributed by atoms with E-state index in [1.54, 1.807) is 6.20 Å². The lowest BCUT2D eigenvalue weighted by molar-refractivity contribution is -0.147. The lowest BCUT2D eigenvalue weighted by Gasteiger charge is -2.37. The van der Waals surface area contributed by atoms with Crippen molar-refractivity contribution < 1.29 is 9.59 Å². The zero-order chi connectivity index (χ0) is 17.6. The van der Waals surface area contributed by atoms with Crippen LogP contribution in [0.1, 0.15) is 39.0 Å². The Morgan fingerprint density at radius 3 is 2.72 bits per heavy atom. The van der Waals surface area contributed by atoms with Gasteiger partial charge in [-0.15, -0.1) is 0 Å². The predicted octanol–water partition coefficient (Wildman–Crippen LogP) is 1.91. The van der Waals surface area contributed by atoms with Crippen LogP contribution in [0.4, 0.5) is 5.82 Å². The molecule has 1 aromatic heterocycles. The molecule has 2 aliphatic rings.